The van der Waals surface area contributed by atoms with Crippen molar-refractivity contribution in [3.63, 3.8) is 0 Å². The lowest BCUT2D eigenvalue weighted by Crippen LogP contribution is -2.36. The van der Waals surface area contributed by atoms with Crippen molar-refractivity contribution in [3.8, 4) is 11.4 Å². The number of aromatic nitrogens is 5. The molecule has 1 unspecified atom stereocenters. The van der Waals surface area contributed by atoms with Crippen LogP contribution in [0, 0.1) is 5.92 Å². The molecule has 0 N–H and O–H groups in total. The summed E-state index contributed by atoms with van der Waals surface area (Å²) in [5.74, 6) is 1.17. The average molecular weight is 436 g/mol. The summed E-state index contributed by atoms with van der Waals surface area (Å²) in [5.41, 5.74) is 1.15. The minimum Gasteiger partial charge on any atom is -0.356 e. The molecule has 4 heterocycles. The topological polar surface area (TPSA) is 93.4 Å². The molecule has 4 rings (SSSR count). The lowest BCUT2D eigenvalue weighted by molar-refractivity contribution is 0.144. The summed E-state index contributed by atoms with van der Waals surface area (Å²) >= 11 is 0. The Morgan fingerprint density at radius 3 is 2.83 bits per heavy atom. The standard InChI is InChI=1S/C19H22F2N6O2S/c1-30(28,29)8-6-13-3-2-7-26(11-13)18-9-15(23-12-24-18)16-10-22-17-5-4-14(19(20)21)25-27(16)17/h4-5,9-10,12-13,19H,2-3,6-8,11H2,1H3. The van der Waals surface area contributed by atoms with Crippen molar-refractivity contribution in [1.82, 2.24) is 24.6 Å². The monoisotopic (exact) mass is 436 g/mol. The van der Waals surface area contributed by atoms with Gasteiger partial charge in [0.1, 0.15) is 33.4 Å². The molecule has 3 aromatic heterocycles. The molecule has 3 aromatic rings. The number of halogens is 2. The van der Waals surface area contributed by atoms with Crippen LogP contribution >= 0.6 is 0 Å². The van der Waals surface area contributed by atoms with E-state index in [1.165, 1.54) is 29.2 Å². The Bertz CT molecular complexity index is 1150. The zero-order chi connectivity index (χ0) is 21.3. The van der Waals surface area contributed by atoms with Gasteiger partial charge in [-0.05, 0) is 37.3 Å². The molecule has 160 valence electrons. The van der Waals surface area contributed by atoms with Gasteiger partial charge in [-0.2, -0.15) is 5.10 Å². The van der Waals surface area contributed by atoms with Gasteiger partial charge in [0.15, 0.2) is 5.65 Å². The van der Waals surface area contributed by atoms with Crippen molar-refractivity contribution in [1.29, 1.82) is 0 Å². The number of alkyl halides is 2. The van der Waals surface area contributed by atoms with Crippen LogP contribution in [0.4, 0.5) is 14.6 Å². The molecule has 1 atom stereocenters. The third-order valence-corrected chi connectivity index (χ3v) is 6.24. The van der Waals surface area contributed by atoms with E-state index in [1.807, 2.05) is 0 Å². The average Bonchev–Trinajstić information content (AvgIpc) is 3.15. The number of fused-ring (bicyclic) bond motifs is 1. The maximum absolute atomic E-state index is 13.0. The first-order chi connectivity index (χ1) is 14.3. The molecule has 0 amide bonds. The largest absolute Gasteiger partial charge is 0.356 e. The molecule has 1 aliphatic rings. The van der Waals surface area contributed by atoms with Crippen LogP contribution in [-0.4, -0.2) is 58.1 Å². The third kappa shape index (κ3) is 4.55. The number of imidazole rings is 1. The maximum Gasteiger partial charge on any atom is 0.282 e. The van der Waals surface area contributed by atoms with Gasteiger partial charge in [-0.1, -0.05) is 0 Å². The molecule has 0 bridgehead atoms. The van der Waals surface area contributed by atoms with Crippen molar-refractivity contribution in [2.75, 3.05) is 30.0 Å². The van der Waals surface area contributed by atoms with Crippen LogP contribution in [0.2, 0.25) is 0 Å². The summed E-state index contributed by atoms with van der Waals surface area (Å²) in [5, 5.41) is 3.99. The molecule has 1 saturated heterocycles. The number of piperidine rings is 1. The number of hydrogen-bond donors (Lipinski definition) is 0. The molecule has 8 nitrogen and oxygen atoms in total. The summed E-state index contributed by atoms with van der Waals surface area (Å²) in [6.45, 7) is 1.53. The zero-order valence-electron chi connectivity index (χ0n) is 16.4. The van der Waals surface area contributed by atoms with Gasteiger partial charge in [0, 0.05) is 25.4 Å². The molecule has 1 fully saturated rings. The smallest absolute Gasteiger partial charge is 0.282 e. The Balaban J connectivity index is 1.59. The molecule has 0 radical (unpaired) electrons. The fourth-order valence-electron chi connectivity index (χ4n) is 3.73. The Kier molecular flexibility index (Phi) is 5.63. The van der Waals surface area contributed by atoms with E-state index in [0.29, 0.717) is 35.8 Å². The quantitative estimate of drug-likeness (QED) is 0.587. The second-order valence-corrected chi connectivity index (χ2v) is 9.87. The molecule has 0 saturated carbocycles. The van der Waals surface area contributed by atoms with Gasteiger partial charge in [-0.3, -0.25) is 0 Å². The van der Waals surface area contributed by atoms with E-state index in [9.17, 15) is 17.2 Å². The summed E-state index contributed by atoms with van der Waals surface area (Å²) in [6.07, 6.45) is 4.12. The van der Waals surface area contributed by atoms with E-state index in [1.54, 1.807) is 12.3 Å². The summed E-state index contributed by atoms with van der Waals surface area (Å²) in [4.78, 5) is 15.0. The Labute approximate surface area is 172 Å². The third-order valence-electron chi connectivity index (χ3n) is 5.26. The number of sulfone groups is 1. The van der Waals surface area contributed by atoms with Crippen molar-refractivity contribution in [2.24, 2.45) is 5.92 Å². The molecule has 0 spiro atoms. The van der Waals surface area contributed by atoms with Crippen molar-refractivity contribution < 1.29 is 17.2 Å². The van der Waals surface area contributed by atoms with Crippen LogP contribution in [0.5, 0.6) is 0 Å². The zero-order valence-corrected chi connectivity index (χ0v) is 17.3. The second-order valence-electron chi connectivity index (χ2n) is 7.61. The number of hydrogen-bond acceptors (Lipinski definition) is 7. The maximum atomic E-state index is 13.0. The first-order valence-corrected chi connectivity index (χ1v) is 11.7. The van der Waals surface area contributed by atoms with Gasteiger partial charge < -0.3 is 4.90 Å². The minimum atomic E-state index is -2.99. The van der Waals surface area contributed by atoms with Gasteiger partial charge in [-0.25, -0.2) is 36.7 Å². The Morgan fingerprint density at radius 1 is 1.23 bits per heavy atom. The fourth-order valence-corrected chi connectivity index (χ4v) is 4.49. The molecule has 0 aliphatic carbocycles. The minimum absolute atomic E-state index is 0.181. The molecule has 0 aromatic carbocycles. The molecule has 1 aliphatic heterocycles. The molecular weight excluding hydrogens is 414 g/mol. The van der Waals surface area contributed by atoms with E-state index in [4.69, 9.17) is 0 Å². The second kappa shape index (κ2) is 8.21. The molecule has 30 heavy (non-hydrogen) atoms. The van der Waals surface area contributed by atoms with Crippen LogP contribution in [0.3, 0.4) is 0 Å². The van der Waals surface area contributed by atoms with E-state index in [0.717, 1.165) is 19.4 Å². The summed E-state index contributed by atoms with van der Waals surface area (Å²) in [7, 11) is -2.99. The summed E-state index contributed by atoms with van der Waals surface area (Å²) in [6, 6.07) is 4.54. The SMILES string of the molecule is CS(=O)(=O)CCC1CCCN(c2cc(-c3cnc4ccc(C(F)F)nn34)ncn2)C1. The van der Waals surface area contributed by atoms with Crippen molar-refractivity contribution >= 4 is 21.3 Å². The van der Waals surface area contributed by atoms with Gasteiger partial charge in [-0.15, -0.1) is 0 Å². The highest BCUT2D eigenvalue weighted by Crippen LogP contribution is 2.27. The van der Waals surface area contributed by atoms with E-state index >= 15 is 0 Å². The van der Waals surface area contributed by atoms with E-state index in [-0.39, 0.29) is 17.4 Å². The predicted molar refractivity (Wildman–Crippen MR) is 108 cm³/mol. The van der Waals surface area contributed by atoms with Crippen LogP contribution in [0.25, 0.3) is 17.0 Å². The van der Waals surface area contributed by atoms with Crippen LogP contribution in [0.1, 0.15) is 31.4 Å². The first-order valence-electron chi connectivity index (χ1n) is 9.68. The number of nitrogens with zero attached hydrogens (tertiary/aromatic N) is 6. The van der Waals surface area contributed by atoms with Crippen molar-refractivity contribution in [3.05, 3.63) is 36.4 Å². The van der Waals surface area contributed by atoms with E-state index < -0.39 is 16.3 Å². The van der Waals surface area contributed by atoms with Gasteiger partial charge in [0.25, 0.3) is 6.43 Å². The lowest BCUT2D eigenvalue weighted by Gasteiger charge is -2.33. The Hall–Kier alpha value is -2.69. The highest BCUT2D eigenvalue weighted by molar-refractivity contribution is 7.90. The van der Waals surface area contributed by atoms with Gasteiger partial charge in [0.05, 0.1) is 17.6 Å². The van der Waals surface area contributed by atoms with E-state index in [2.05, 4.69) is 25.0 Å². The van der Waals surface area contributed by atoms with Crippen LogP contribution < -0.4 is 4.90 Å². The highest BCUT2D eigenvalue weighted by Gasteiger charge is 2.23. The fraction of sp³-hybridized carbons (Fsp3) is 0.474. The van der Waals surface area contributed by atoms with Crippen molar-refractivity contribution in [2.45, 2.75) is 25.7 Å². The Morgan fingerprint density at radius 2 is 2.07 bits per heavy atom. The first kappa shape index (κ1) is 20.6. The lowest BCUT2D eigenvalue weighted by atomic mass is 9.95. The molecule has 11 heteroatoms. The van der Waals surface area contributed by atoms with Crippen LogP contribution in [0.15, 0.2) is 30.7 Å². The predicted octanol–water partition coefficient (Wildman–Crippen LogP) is 2.78. The normalized spacial score (nSPS) is 17.7. The number of anilines is 1. The number of rotatable bonds is 6. The van der Waals surface area contributed by atoms with Crippen LogP contribution in [-0.2, 0) is 9.84 Å². The van der Waals surface area contributed by atoms with Gasteiger partial charge in [0.2, 0.25) is 0 Å². The summed E-state index contributed by atoms with van der Waals surface area (Å²) < 4.78 is 50.4. The highest BCUT2D eigenvalue weighted by atomic mass is 32.2. The molecular formula is C19H22F2N6O2S. The van der Waals surface area contributed by atoms with Gasteiger partial charge >= 0.3 is 0 Å².